The van der Waals surface area contributed by atoms with Crippen molar-refractivity contribution in [1.82, 2.24) is 5.43 Å². The number of methoxy groups -OCH3 is 1. The summed E-state index contributed by atoms with van der Waals surface area (Å²) in [5.74, 6) is 0.789. The van der Waals surface area contributed by atoms with Crippen LogP contribution in [0.5, 0.6) is 5.75 Å². The average Bonchev–Trinajstić information content (AvgIpc) is 2.43. The molecular formula is C13H17N3OS. The van der Waals surface area contributed by atoms with E-state index in [9.17, 15) is 0 Å². The Bertz CT molecular complexity index is 444. The molecular weight excluding hydrogens is 246 g/mol. The van der Waals surface area contributed by atoms with E-state index >= 15 is 0 Å². The van der Waals surface area contributed by atoms with Crippen molar-refractivity contribution < 1.29 is 4.74 Å². The maximum atomic E-state index is 5.23. The molecule has 0 aromatic heterocycles. The van der Waals surface area contributed by atoms with Gasteiger partial charge < -0.3 is 4.74 Å². The minimum absolute atomic E-state index is 0.577. The Morgan fingerprint density at radius 2 is 2.28 bits per heavy atom. The second-order valence-electron chi connectivity index (χ2n) is 3.25. The first-order chi connectivity index (χ1) is 8.81. The van der Waals surface area contributed by atoms with Gasteiger partial charge in [-0.1, -0.05) is 30.0 Å². The number of hydrogen-bond acceptors (Lipinski definition) is 4. The van der Waals surface area contributed by atoms with Crippen molar-refractivity contribution in [1.29, 1.82) is 0 Å². The molecule has 0 amide bonds. The standard InChI is InChI=1S/C13H17N3OS/c1-4-9-14-13(18-3)16-15-10-11-7-5-6-8-12(11)17-2/h4-8,10H,1,9H2,2-3H3,(H,14,16)/b15-10-. The van der Waals surface area contributed by atoms with Gasteiger partial charge in [-0.3, -0.25) is 10.4 Å². The quantitative estimate of drug-likeness (QED) is 0.384. The molecule has 0 bridgehead atoms. The fourth-order valence-electron chi connectivity index (χ4n) is 1.22. The molecule has 96 valence electrons. The Balaban J connectivity index is 2.66. The Kier molecular flexibility index (Phi) is 6.64. The van der Waals surface area contributed by atoms with Gasteiger partial charge in [-0.15, -0.1) is 6.58 Å². The van der Waals surface area contributed by atoms with E-state index in [0.29, 0.717) is 6.54 Å². The van der Waals surface area contributed by atoms with Gasteiger partial charge in [0.15, 0.2) is 5.17 Å². The zero-order valence-electron chi connectivity index (χ0n) is 10.6. The number of nitrogens with one attached hydrogen (secondary N) is 1. The van der Waals surface area contributed by atoms with Crippen LogP contribution in [0.15, 0.2) is 47.0 Å². The lowest BCUT2D eigenvalue weighted by Crippen LogP contribution is -2.14. The van der Waals surface area contributed by atoms with Crippen molar-refractivity contribution in [2.45, 2.75) is 0 Å². The van der Waals surface area contributed by atoms with Crippen LogP contribution >= 0.6 is 11.8 Å². The monoisotopic (exact) mass is 263 g/mol. The van der Waals surface area contributed by atoms with Crippen LogP contribution in [0.3, 0.4) is 0 Å². The molecule has 0 unspecified atom stereocenters. The number of thioether (sulfide) groups is 1. The van der Waals surface area contributed by atoms with E-state index in [1.54, 1.807) is 19.4 Å². The van der Waals surface area contributed by atoms with Crippen LogP contribution in [0, 0.1) is 0 Å². The predicted octanol–water partition coefficient (Wildman–Crippen LogP) is 2.52. The lowest BCUT2D eigenvalue weighted by atomic mass is 10.2. The van der Waals surface area contributed by atoms with E-state index in [1.165, 1.54) is 11.8 Å². The number of amidine groups is 1. The third-order valence-corrected chi connectivity index (χ3v) is 2.67. The van der Waals surface area contributed by atoms with Crippen LogP contribution in [0.2, 0.25) is 0 Å². The molecule has 1 aromatic carbocycles. The number of hydrazone groups is 1. The van der Waals surface area contributed by atoms with Gasteiger partial charge in [0, 0.05) is 5.56 Å². The summed E-state index contributed by atoms with van der Waals surface area (Å²) in [6.45, 7) is 4.20. The third kappa shape index (κ3) is 4.63. The number of nitrogens with zero attached hydrogens (tertiary/aromatic N) is 2. The number of ether oxygens (including phenoxy) is 1. The molecule has 0 aliphatic rings. The highest BCUT2D eigenvalue weighted by Gasteiger charge is 1.97. The zero-order chi connectivity index (χ0) is 13.2. The maximum Gasteiger partial charge on any atom is 0.177 e. The van der Waals surface area contributed by atoms with Gasteiger partial charge in [0.2, 0.25) is 0 Å². The summed E-state index contributed by atoms with van der Waals surface area (Å²) >= 11 is 1.50. The van der Waals surface area contributed by atoms with Gasteiger partial charge in [-0.25, -0.2) is 0 Å². The highest BCUT2D eigenvalue weighted by atomic mass is 32.2. The SMILES string of the molecule is C=CCN=C(N/N=C\c1ccccc1OC)SC. The van der Waals surface area contributed by atoms with Crippen molar-refractivity contribution in [3.05, 3.63) is 42.5 Å². The molecule has 0 heterocycles. The molecule has 0 aliphatic heterocycles. The molecule has 0 saturated heterocycles. The smallest absolute Gasteiger partial charge is 0.177 e. The molecule has 0 spiro atoms. The lowest BCUT2D eigenvalue weighted by Gasteiger charge is -2.04. The van der Waals surface area contributed by atoms with Gasteiger partial charge in [-0.2, -0.15) is 5.10 Å². The van der Waals surface area contributed by atoms with E-state index in [1.807, 2.05) is 30.5 Å². The van der Waals surface area contributed by atoms with Gasteiger partial charge in [0.25, 0.3) is 0 Å². The Morgan fingerprint density at radius 1 is 1.50 bits per heavy atom. The minimum Gasteiger partial charge on any atom is -0.496 e. The molecule has 1 aromatic rings. The molecule has 0 saturated carbocycles. The summed E-state index contributed by atoms with van der Waals surface area (Å²) in [7, 11) is 1.64. The summed E-state index contributed by atoms with van der Waals surface area (Å²) < 4.78 is 5.23. The minimum atomic E-state index is 0.577. The highest BCUT2D eigenvalue weighted by molar-refractivity contribution is 8.13. The molecule has 0 atom stereocenters. The third-order valence-electron chi connectivity index (χ3n) is 2.06. The van der Waals surface area contributed by atoms with Crippen LogP contribution in [-0.2, 0) is 0 Å². The number of aliphatic imine (C=N–C) groups is 1. The average molecular weight is 263 g/mol. The molecule has 18 heavy (non-hydrogen) atoms. The summed E-state index contributed by atoms with van der Waals surface area (Å²) in [6, 6.07) is 7.68. The van der Waals surface area contributed by atoms with E-state index in [2.05, 4.69) is 22.1 Å². The maximum absolute atomic E-state index is 5.23. The highest BCUT2D eigenvalue weighted by Crippen LogP contribution is 2.14. The summed E-state index contributed by atoms with van der Waals surface area (Å²) in [6.07, 6.45) is 5.38. The zero-order valence-corrected chi connectivity index (χ0v) is 11.4. The Labute approximate surface area is 112 Å². The Morgan fingerprint density at radius 3 is 2.94 bits per heavy atom. The first kappa shape index (κ1) is 14.3. The number of benzene rings is 1. The molecule has 1 N–H and O–H groups in total. The fourth-order valence-corrected chi connectivity index (χ4v) is 1.57. The first-order valence-corrected chi connectivity index (χ1v) is 6.65. The topological polar surface area (TPSA) is 46.0 Å². The molecule has 0 fully saturated rings. The van der Waals surface area contributed by atoms with Crippen LogP contribution in [-0.4, -0.2) is 31.3 Å². The largest absolute Gasteiger partial charge is 0.496 e. The van der Waals surface area contributed by atoms with E-state index < -0.39 is 0 Å². The van der Waals surface area contributed by atoms with Crippen LogP contribution in [0.4, 0.5) is 0 Å². The van der Waals surface area contributed by atoms with Crippen molar-refractivity contribution in [2.24, 2.45) is 10.1 Å². The van der Waals surface area contributed by atoms with Crippen LogP contribution in [0.1, 0.15) is 5.56 Å². The number of rotatable bonds is 5. The second kappa shape index (κ2) is 8.36. The van der Waals surface area contributed by atoms with Crippen molar-refractivity contribution in [2.75, 3.05) is 19.9 Å². The molecule has 5 heteroatoms. The van der Waals surface area contributed by atoms with Gasteiger partial charge in [0.1, 0.15) is 5.75 Å². The van der Waals surface area contributed by atoms with E-state index in [0.717, 1.165) is 16.5 Å². The normalized spacial score (nSPS) is 11.6. The van der Waals surface area contributed by atoms with E-state index in [4.69, 9.17) is 4.74 Å². The first-order valence-electron chi connectivity index (χ1n) is 5.43. The summed E-state index contributed by atoms with van der Waals surface area (Å²) in [5, 5.41) is 4.88. The fraction of sp³-hybridized carbons (Fsp3) is 0.231. The number of hydrogen-bond donors (Lipinski definition) is 1. The lowest BCUT2D eigenvalue weighted by molar-refractivity contribution is 0.414. The van der Waals surface area contributed by atoms with Crippen molar-refractivity contribution >= 4 is 23.1 Å². The summed E-state index contributed by atoms with van der Waals surface area (Å²) in [4.78, 5) is 4.24. The van der Waals surface area contributed by atoms with E-state index in [-0.39, 0.29) is 0 Å². The van der Waals surface area contributed by atoms with Crippen LogP contribution in [0.25, 0.3) is 0 Å². The molecule has 1 rings (SSSR count). The Hall–Kier alpha value is -1.75. The summed E-state index contributed by atoms with van der Waals surface area (Å²) in [5.41, 5.74) is 3.80. The van der Waals surface area contributed by atoms with Crippen molar-refractivity contribution in [3.8, 4) is 5.75 Å². The van der Waals surface area contributed by atoms with Gasteiger partial charge in [-0.05, 0) is 18.4 Å². The second-order valence-corrected chi connectivity index (χ2v) is 4.05. The number of para-hydroxylation sites is 1. The predicted molar refractivity (Wildman–Crippen MR) is 79.7 cm³/mol. The van der Waals surface area contributed by atoms with Crippen molar-refractivity contribution in [3.63, 3.8) is 0 Å². The van der Waals surface area contributed by atoms with Gasteiger partial charge in [0.05, 0.1) is 19.9 Å². The van der Waals surface area contributed by atoms with Gasteiger partial charge >= 0.3 is 0 Å². The van der Waals surface area contributed by atoms with Crippen LogP contribution < -0.4 is 10.2 Å². The molecule has 0 radical (unpaired) electrons. The molecule has 0 aliphatic carbocycles. The molecule has 4 nitrogen and oxygen atoms in total.